The number of carbonyl (C=O) groups is 1. The molecule has 0 unspecified atom stereocenters. The number of carbonyl (C=O) groups excluding carboxylic acids is 1. The Morgan fingerprint density at radius 1 is 1.29 bits per heavy atom. The SMILES string of the molecule is Cc1cc(C)c(CNC(=O)NC[C@@H](O)c2cccc(Cl)c2)c(=O)[nH]1. The molecule has 24 heavy (non-hydrogen) atoms. The summed E-state index contributed by atoms with van der Waals surface area (Å²) in [5.41, 5.74) is 2.50. The van der Waals surface area contributed by atoms with Crippen molar-refractivity contribution in [3.05, 3.63) is 68.1 Å². The van der Waals surface area contributed by atoms with Crippen LogP contribution in [-0.4, -0.2) is 22.7 Å². The minimum atomic E-state index is -0.862. The van der Waals surface area contributed by atoms with Crippen LogP contribution in [0.2, 0.25) is 5.02 Å². The van der Waals surface area contributed by atoms with Gasteiger partial charge in [0.25, 0.3) is 5.56 Å². The third kappa shape index (κ3) is 4.84. The van der Waals surface area contributed by atoms with Gasteiger partial charge in [0.2, 0.25) is 0 Å². The number of halogens is 1. The van der Waals surface area contributed by atoms with Gasteiger partial charge in [-0.15, -0.1) is 0 Å². The first kappa shape index (κ1) is 18.0. The van der Waals surface area contributed by atoms with Crippen LogP contribution in [0.15, 0.2) is 35.1 Å². The van der Waals surface area contributed by atoms with Crippen molar-refractivity contribution in [1.29, 1.82) is 0 Å². The van der Waals surface area contributed by atoms with E-state index in [9.17, 15) is 14.7 Å². The van der Waals surface area contributed by atoms with Crippen LogP contribution in [0.25, 0.3) is 0 Å². The van der Waals surface area contributed by atoms with E-state index < -0.39 is 12.1 Å². The summed E-state index contributed by atoms with van der Waals surface area (Å²) < 4.78 is 0. The number of aromatic nitrogens is 1. The highest BCUT2D eigenvalue weighted by Gasteiger charge is 2.11. The highest BCUT2D eigenvalue weighted by Crippen LogP contribution is 2.16. The fourth-order valence-corrected chi connectivity index (χ4v) is 2.55. The number of urea groups is 1. The van der Waals surface area contributed by atoms with Crippen LogP contribution in [0.4, 0.5) is 4.79 Å². The molecule has 0 saturated heterocycles. The Bertz CT molecular complexity index is 789. The van der Waals surface area contributed by atoms with Gasteiger partial charge < -0.3 is 20.7 Å². The lowest BCUT2D eigenvalue weighted by atomic mass is 10.1. The zero-order chi connectivity index (χ0) is 17.7. The van der Waals surface area contributed by atoms with Crippen molar-refractivity contribution < 1.29 is 9.90 Å². The second-order valence-corrected chi connectivity index (χ2v) is 6.01. The molecular formula is C17H20ClN3O3. The van der Waals surface area contributed by atoms with E-state index >= 15 is 0 Å². The van der Waals surface area contributed by atoms with Gasteiger partial charge in [0.15, 0.2) is 0 Å². The number of rotatable bonds is 5. The van der Waals surface area contributed by atoms with E-state index in [1.54, 1.807) is 31.2 Å². The van der Waals surface area contributed by atoms with Crippen molar-refractivity contribution >= 4 is 17.6 Å². The van der Waals surface area contributed by atoms with Gasteiger partial charge in [-0.1, -0.05) is 23.7 Å². The van der Waals surface area contributed by atoms with Gasteiger partial charge in [-0.3, -0.25) is 4.79 Å². The maximum Gasteiger partial charge on any atom is 0.315 e. The molecule has 0 aliphatic heterocycles. The van der Waals surface area contributed by atoms with Crippen molar-refractivity contribution in [2.24, 2.45) is 0 Å². The number of amides is 2. The lowest BCUT2D eigenvalue weighted by Crippen LogP contribution is -2.38. The fourth-order valence-electron chi connectivity index (χ4n) is 2.35. The maximum atomic E-state index is 11.9. The van der Waals surface area contributed by atoms with Crippen LogP contribution in [0.1, 0.15) is 28.5 Å². The molecule has 0 aliphatic rings. The Kier molecular flexibility index (Phi) is 6.00. The van der Waals surface area contributed by atoms with E-state index in [-0.39, 0.29) is 18.6 Å². The van der Waals surface area contributed by atoms with Crippen molar-refractivity contribution in [2.75, 3.05) is 6.54 Å². The zero-order valence-electron chi connectivity index (χ0n) is 13.5. The first-order valence-corrected chi connectivity index (χ1v) is 7.89. The molecule has 1 aromatic heterocycles. The van der Waals surface area contributed by atoms with E-state index in [0.717, 1.165) is 11.3 Å². The summed E-state index contributed by atoms with van der Waals surface area (Å²) in [5.74, 6) is 0. The monoisotopic (exact) mass is 349 g/mol. The Labute approximate surface area is 144 Å². The summed E-state index contributed by atoms with van der Waals surface area (Å²) in [4.78, 5) is 26.4. The molecule has 1 atom stereocenters. The van der Waals surface area contributed by atoms with Gasteiger partial charge in [-0.2, -0.15) is 0 Å². The minimum Gasteiger partial charge on any atom is -0.387 e. The van der Waals surface area contributed by atoms with Crippen molar-refractivity contribution in [3.8, 4) is 0 Å². The average molecular weight is 350 g/mol. The normalized spacial score (nSPS) is 11.8. The molecule has 7 heteroatoms. The molecule has 2 rings (SSSR count). The molecule has 4 N–H and O–H groups in total. The van der Waals surface area contributed by atoms with Crippen LogP contribution >= 0.6 is 11.6 Å². The van der Waals surface area contributed by atoms with Gasteiger partial charge in [-0.25, -0.2) is 4.79 Å². The number of aliphatic hydroxyl groups is 1. The fraction of sp³-hybridized carbons (Fsp3) is 0.294. The second kappa shape index (κ2) is 7.99. The Balaban J connectivity index is 1.87. The lowest BCUT2D eigenvalue weighted by Gasteiger charge is -2.13. The van der Waals surface area contributed by atoms with E-state index in [2.05, 4.69) is 15.6 Å². The number of aliphatic hydroxyl groups excluding tert-OH is 1. The van der Waals surface area contributed by atoms with Gasteiger partial charge in [0.05, 0.1) is 12.6 Å². The summed E-state index contributed by atoms with van der Waals surface area (Å²) in [6.07, 6.45) is -0.862. The van der Waals surface area contributed by atoms with Gasteiger partial charge in [0, 0.05) is 22.8 Å². The summed E-state index contributed by atoms with van der Waals surface area (Å²) in [5, 5.41) is 15.7. The number of H-pyrrole nitrogens is 1. The van der Waals surface area contributed by atoms with E-state index in [1.807, 2.05) is 13.0 Å². The minimum absolute atomic E-state index is 0.0371. The van der Waals surface area contributed by atoms with E-state index in [4.69, 9.17) is 11.6 Å². The average Bonchev–Trinajstić information content (AvgIpc) is 2.51. The summed E-state index contributed by atoms with van der Waals surface area (Å²) >= 11 is 5.87. The topological polar surface area (TPSA) is 94.2 Å². The quantitative estimate of drug-likeness (QED) is 0.666. The number of hydrogen-bond acceptors (Lipinski definition) is 3. The highest BCUT2D eigenvalue weighted by molar-refractivity contribution is 6.30. The van der Waals surface area contributed by atoms with Gasteiger partial charge >= 0.3 is 6.03 Å². The molecule has 0 spiro atoms. The molecule has 1 heterocycles. The molecule has 0 bridgehead atoms. The van der Waals surface area contributed by atoms with Gasteiger partial charge in [0.1, 0.15) is 0 Å². The van der Waals surface area contributed by atoms with E-state index in [0.29, 0.717) is 16.1 Å². The second-order valence-electron chi connectivity index (χ2n) is 5.58. The third-order valence-electron chi connectivity index (χ3n) is 3.61. The summed E-state index contributed by atoms with van der Waals surface area (Å²) in [6.45, 7) is 3.77. The number of aryl methyl sites for hydroxylation is 2. The lowest BCUT2D eigenvalue weighted by molar-refractivity contribution is 0.173. The summed E-state index contributed by atoms with van der Waals surface area (Å²) in [6, 6.07) is 8.19. The van der Waals surface area contributed by atoms with Crippen molar-refractivity contribution in [2.45, 2.75) is 26.5 Å². The molecule has 6 nitrogen and oxygen atoms in total. The molecule has 0 aliphatic carbocycles. The molecule has 2 aromatic rings. The number of hydrogen-bond donors (Lipinski definition) is 4. The number of pyridine rings is 1. The molecule has 0 saturated carbocycles. The standard InChI is InChI=1S/C17H20ClN3O3/c1-10-6-11(2)21-16(23)14(10)8-19-17(24)20-9-15(22)12-4-3-5-13(18)7-12/h3-7,15,22H,8-9H2,1-2H3,(H,21,23)(H2,19,20,24)/t15-/m1/s1. The number of aromatic amines is 1. The molecule has 1 aromatic carbocycles. The first-order chi connectivity index (χ1) is 11.4. The molecule has 2 amide bonds. The van der Waals surface area contributed by atoms with Crippen LogP contribution in [0, 0.1) is 13.8 Å². The summed E-state index contributed by atoms with van der Waals surface area (Å²) in [7, 11) is 0. The first-order valence-electron chi connectivity index (χ1n) is 7.51. The number of nitrogens with one attached hydrogen (secondary N) is 3. The largest absolute Gasteiger partial charge is 0.387 e. The van der Waals surface area contributed by atoms with E-state index in [1.165, 1.54) is 0 Å². The molecule has 0 fully saturated rings. The molecular weight excluding hydrogens is 330 g/mol. The van der Waals surface area contributed by atoms with Crippen LogP contribution in [0.3, 0.4) is 0 Å². The highest BCUT2D eigenvalue weighted by atomic mass is 35.5. The Morgan fingerprint density at radius 2 is 2.04 bits per heavy atom. The van der Waals surface area contributed by atoms with Crippen molar-refractivity contribution in [1.82, 2.24) is 15.6 Å². The predicted molar refractivity (Wildman–Crippen MR) is 93.2 cm³/mol. The maximum absolute atomic E-state index is 11.9. The van der Waals surface area contributed by atoms with Gasteiger partial charge in [-0.05, 0) is 43.2 Å². The van der Waals surface area contributed by atoms with Crippen molar-refractivity contribution in [3.63, 3.8) is 0 Å². The predicted octanol–water partition coefficient (Wildman–Crippen LogP) is 2.18. The molecule has 0 radical (unpaired) electrons. The smallest absolute Gasteiger partial charge is 0.315 e. The van der Waals surface area contributed by atoms with Crippen LogP contribution in [0.5, 0.6) is 0 Å². The third-order valence-corrected chi connectivity index (χ3v) is 3.84. The van der Waals surface area contributed by atoms with Crippen LogP contribution < -0.4 is 16.2 Å². The Hall–Kier alpha value is -2.31. The zero-order valence-corrected chi connectivity index (χ0v) is 14.3. The Morgan fingerprint density at radius 3 is 2.71 bits per heavy atom. The number of benzene rings is 1. The van der Waals surface area contributed by atoms with Crippen LogP contribution in [-0.2, 0) is 6.54 Å². The molecule has 128 valence electrons.